The molecule has 0 spiro atoms. The number of nitrogens with zero attached hydrogens (tertiary/aromatic N) is 2. The molecule has 0 aliphatic heterocycles. The minimum absolute atomic E-state index is 0.0450. The van der Waals surface area contributed by atoms with Crippen molar-refractivity contribution in [2.45, 2.75) is 45.4 Å². The molecule has 1 heterocycles. The molecule has 0 unspecified atom stereocenters. The number of carboxylic acid groups (broad SMARTS) is 1. The van der Waals surface area contributed by atoms with Crippen LogP contribution in [0.4, 0.5) is 10.5 Å². The van der Waals surface area contributed by atoms with Crippen LogP contribution in [0.5, 0.6) is 5.88 Å². The fraction of sp³-hybridized carbons (Fsp3) is 0.600. The van der Waals surface area contributed by atoms with Gasteiger partial charge in [0.15, 0.2) is 0 Å². The summed E-state index contributed by atoms with van der Waals surface area (Å²) in [6.45, 7) is 8.43. The zero-order valence-electron chi connectivity index (χ0n) is 14.9. The third-order valence-corrected chi connectivity index (χ3v) is 5.84. The van der Waals surface area contributed by atoms with Crippen LogP contribution < -0.4 is 9.46 Å². The molecule has 0 bridgehead atoms. The van der Waals surface area contributed by atoms with E-state index in [1.54, 1.807) is 40.7 Å². The maximum absolute atomic E-state index is 12.3. The first-order valence-electron chi connectivity index (χ1n) is 7.65. The summed E-state index contributed by atoms with van der Waals surface area (Å²) < 4.78 is 32.3. The van der Waals surface area contributed by atoms with Gasteiger partial charge in [0.2, 0.25) is 15.9 Å². The summed E-state index contributed by atoms with van der Waals surface area (Å²) in [7, 11) is -3.65. The highest BCUT2D eigenvalue weighted by Gasteiger charge is 2.30. The molecule has 2 N–H and O–H groups in total. The monoisotopic (exact) mass is 437 g/mol. The molecule has 8 nitrogen and oxygen atoms in total. The van der Waals surface area contributed by atoms with Crippen LogP contribution in [0.3, 0.4) is 0 Å². The van der Waals surface area contributed by atoms with E-state index in [1.165, 1.54) is 11.1 Å². The number of hydrogen-bond donors (Lipinski definition) is 2. The maximum atomic E-state index is 12.3. The largest absolute Gasteiger partial charge is 0.474 e. The van der Waals surface area contributed by atoms with E-state index in [9.17, 15) is 13.2 Å². The smallest absolute Gasteiger partial charge is 0.407 e. The lowest BCUT2D eigenvalue weighted by Crippen LogP contribution is -2.38. The fourth-order valence-electron chi connectivity index (χ4n) is 1.73. The summed E-state index contributed by atoms with van der Waals surface area (Å²) in [6.07, 6.45) is 0.428. The van der Waals surface area contributed by atoms with Gasteiger partial charge in [-0.15, -0.1) is 0 Å². The number of ether oxygens (including phenoxy) is 1. The van der Waals surface area contributed by atoms with Gasteiger partial charge >= 0.3 is 6.09 Å². The first kappa shape index (κ1) is 21.5. The van der Waals surface area contributed by atoms with Crippen LogP contribution in [-0.4, -0.2) is 53.4 Å². The highest BCUT2D eigenvalue weighted by Crippen LogP contribution is 2.29. The van der Waals surface area contributed by atoms with Crippen LogP contribution in [0, 0.1) is 0 Å². The van der Waals surface area contributed by atoms with Gasteiger partial charge in [-0.2, -0.15) is 0 Å². The van der Waals surface area contributed by atoms with Gasteiger partial charge in [-0.3, -0.25) is 4.72 Å². The Kier molecular flexibility index (Phi) is 7.07. The Morgan fingerprint density at radius 1 is 1.44 bits per heavy atom. The van der Waals surface area contributed by atoms with Crippen LogP contribution in [0.25, 0.3) is 0 Å². The van der Waals surface area contributed by atoms with E-state index in [4.69, 9.17) is 9.84 Å². The number of nitrogens with one attached hydrogen (secondary N) is 1. The van der Waals surface area contributed by atoms with Gasteiger partial charge in [0.05, 0.1) is 11.3 Å². The Morgan fingerprint density at radius 3 is 2.52 bits per heavy atom. The van der Waals surface area contributed by atoms with E-state index in [-0.39, 0.29) is 30.8 Å². The molecule has 1 aromatic heterocycles. The summed E-state index contributed by atoms with van der Waals surface area (Å²) in [6, 6.07) is 1.35. The van der Waals surface area contributed by atoms with Gasteiger partial charge in [0.1, 0.15) is 12.3 Å². The lowest BCUT2D eigenvalue weighted by atomic mass is 10.3. The predicted octanol–water partition coefficient (Wildman–Crippen LogP) is 3.15. The Hall–Kier alpha value is -1.55. The number of hydrogen-bond acceptors (Lipinski definition) is 5. The molecule has 0 aliphatic carbocycles. The SMILES string of the molecule is CC(C)N(CCOc1ncc(Br)cc1NS(=O)(=O)C(C)(C)C)C(=O)O. The molecule has 10 heteroatoms. The van der Waals surface area contributed by atoms with Crippen molar-refractivity contribution in [1.29, 1.82) is 0 Å². The maximum Gasteiger partial charge on any atom is 0.407 e. The molecule has 0 aromatic carbocycles. The molecule has 1 rings (SSSR count). The van der Waals surface area contributed by atoms with Gasteiger partial charge in [-0.25, -0.2) is 18.2 Å². The van der Waals surface area contributed by atoms with E-state index in [1.807, 2.05) is 0 Å². The van der Waals surface area contributed by atoms with E-state index < -0.39 is 20.9 Å². The molecule has 0 radical (unpaired) electrons. The molecule has 0 fully saturated rings. The third kappa shape index (κ3) is 6.03. The molecule has 142 valence electrons. The first-order chi connectivity index (χ1) is 11.3. The summed E-state index contributed by atoms with van der Waals surface area (Å²) in [5.41, 5.74) is 0.190. The second-order valence-corrected chi connectivity index (χ2v) is 9.99. The molecule has 1 amide bonds. The molecule has 0 aliphatic rings. The van der Waals surface area contributed by atoms with Gasteiger partial charge in [0, 0.05) is 16.7 Å². The standard InChI is InChI=1S/C15H24BrN3O5S/c1-10(2)19(14(20)21)6-7-24-13-12(8-11(16)9-17-13)18-25(22,23)15(3,4)5/h8-10,18H,6-7H2,1-5H3,(H,20,21). The molecule has 0 saturated heterocycles. The quantitative estimate of drug-likeness (QED) is 0.677. The predicted molar refractivity (Wildman–Crippen MR) is 99.6 cm³/mol. The Labute approximate surface area is 156 Å². The molecular formula is C15H24BrN3O5S. The van der Waals surface area contributed by atoms with Crippen molar-refractivity contribution in [1.82, 2.24) is 9.88 Å². The zero-order valence-corrected chi connectivity index (χ0v) is 17.3. The average Bonchev–Trinajstić information content (AvgIpc) is 2.42. The van der Waals surface area contributed by atoms with E-state index >= 15 is 0 Å². The fourth-order valence-corrected chi connectivity index (χ4v) is 2.80. The van der Waals surface area contributed by atoms with Crippen molar-refractivity contribution >= 4 is 37.7 Å². The van der Waals surface area contributed by atoms with E-state index in [0.29, 0.717) is 4.47 Å². The van der Waals surface area contributed by atoms with Crippen LogP contribution in [0.15, 0.2) is 16.7 Å². The zero-order chi connectivity index (χ0) is 19.4. The number of aromatic nitrogens is 1. The van der Waals surface area contributed by atoms with Gasteiger partial charge in [-0.05, 0) is 56.6 Å². The van der Waals surface area contributed by atoms with Crippen molar-refractivity contribution in [3.63, 3.8) is 0 Å². The number of carbonyl (C=O) groups is 1. The number of sulfonamides is 1. The second kappa shape index (κ2) is 8.22. The summed E-state index contributed by atoms with van der Waals surface area (Å²) in [4.78, 5) is 16.4. The third-order valence-electron chi connectivity index (χ3n) is 3.31. The number of anilines is 1. The lowest BCUT2D eigenvalue weighted by Gasteiger charge is -2.24. The molecule has 0 saturated carbocycles. The molecule has 25 heavy (non-hydrogen) atoms. The van der Waals surface area contributed by atoms with Crippen molar-refractivity contribution in [2.75, 3.05) is 17.9 Å². The van der Waals surface area contributed by atoms with Crippen molar-refractivity contribution in [3.05, 3.63) is 16.7 Å². The van der Waals surface area contributed by atoms with Gasteiger partial charge in [0.25, 0.3) is 0 Å². The normalized spacial score (nSPS) is 12.1. The van der Waals surface area contributed by atoms with Gasteiger partial charge in [-0.1, -0.05) is 0 Å². The topological polar surface area (TPSA) is 109 Å². The van der Waals surface area contributed by atoms with Crippen LogP contribution in [-0.2, 0) is 10.0 Å². The van der Waals surface area contributed by atoms with Crippen LogP contribution >= 0.6 is 15.9 Å². The average molecular weight is 438 g/mol. The number of pyridine rings is 1. The first-order valence-corrected chi connectivity index (χ1v) is 9.93. The van der Waals surface area contributed by atoms with E-state index in [0.717, 1.165) is 0 Å². The van der Waals surface area contributed by atoms with Crippen LogP contribution in [0.2, 0.25) is 0 Å². The second-order valence-electron chi connectivity index (χ2n) is 6.64. The molecular weight excluding hydrogens is 414 g/mol. The van der Waals surface area contributed by atoms with Crippen LogP contribution in [0.1, 0.15) is 34.6 Å². The lowest BCUT2D eigenvalue weighted by molar-refractivity contribution is 0.120. The Bertz CT molecular complexity index is 716. The van der Waals surface area contributed by atoms with Crippen molar-refractivity contribution < 1.29 is 23.1 Å². The summed E-state index contributed by atoms with van der Waals surface area (Å²) in [5, 5.41) is 9.13. The highest BCUT2D eigenvalue weighted by molar-refractivity contribution is 9.10. The van der Waals surface area contributed by atoms with E-state index in [2.05, 4.69) is 25.6 Å². The summed E-state index contributed by atoms with van der Waals surface area (Å²) in [5.74, 6) is 0.0881. The van der Waals surface area contributed by atoms with Crippen molar-refractivity contribution in [3.8, 4) is 5.88 Å². The Balaban J connectivity index is 2.93. The minimum atomic E-state index is -3.65. The number of amides is 1. The van der Waals surface area contributed by atoms with Crippen molar-refractivity contribution in [2.24, 2.45) is 0 Å². The number of halogens is 1. The Morgan fingerprint density at radius 2 is 2.04 bits per heavy atom. The molecule has 1 aromatic rings. The molecule has 0 atom stereocenters. The van der Waals surface area contributed by atoms with Gasteiger partial charge < -0.3 is 14.7 Å². The summed E-state index contributed by atoms with van der Waals surface area (Å²) >= 11 is 3.25. The highest BCUT2D eigenvalue weighted by atomic mass is 79.9. The number of rotatable bonds is 7. The minimum Gasteiger partial charge on any atom is -0.474 e.